The largest absolute Gasteiger partial charge is 0.494 e. The predicted octanol–water partition coefficient (Wildman–Crippen LogP) is 9.67. The van der Waals surface area contributed by atoms with Crippen LogP contribution < -0.4 is 25.1 Å². The molecule has 0 saturated heterocycles. The van der Waals surface area contributed by atoms with Crippen molar-refractivity contribution in [1.29, 1.82) is 0 Å². The van der Waals surface area contributed by atoms with Crippen LogP contribution in [-0.2, 0) is 35.6 Å². The van der Waals surface area contributed by atoms with Crippen LogP contribution in [0.2, 0.25) is 0 Å². The lowest BCUT2D eigenvalue weighted by Gasteiger charge is -2.31. The van der Waals surface area contributed by atoms with E-state index in [1.165, 1.54) is 0 Å². The monoisotopic (exact) mass is 880 g/mol. The molecular weight excluding hydrogens is 836 g/mol. The van der Waals surface area contributed by atoms with Crippen LogP contribution in [0.1, 0.15) is 45.9 Å². The molecule has 13 heteroatoms. The molecule has 1 heterocycles. The highest BCUT2D eigenvalue weighted by molar-refractivity contribution is 9.10. The second kappa shape index (κ2) is 21.1. The second-order valence-electron chi connectivity index (χ2n) is 14.3. The lowest BCUT2D eigenvalue weighted by Crippen LogP contribution is -2.54. The van der Waals surface area contributed by atoms with Crippen molar-refractivity contribution >= 4 is 33.4 Å². The average Bonchev–Trinajstić information content (AvgIpc) is 3.69. The summed E-state index contributed by atoms with van der Waals surface area (Å²) < 4.78 is 25.8. The molecule has 0 radical (unpaired) electrons. The summed E-state index contributed by atoms with van der Waals surface area (Å²) in [7, 11) is 0. The van der Waals surface area contributed by atoms with Crippen molar-refractivity contribution in [3.05, 3.63) is 200 Å². The van der Waals surface area contributed by atoms with Crippen molar-refractivity contribution < 1.29 is 28.8 Å². The Bertz CT molecular complexity index is 2450. The number of aliphatic imine (C=N–C) groups is 1. The molecule has 310 valence electrons. The Balaban J connectivity index is 1.14. The maximum atomic E-state index is 14.8. The van der Waals surface area contributed by atoms with E-state index in [1.807, 2.05) is 127 Å². The van der Waals surface area contributed by atoms with E-state index in [0.29, 0.717) is 73.3 Å². The van der Waals surface area contributed by atoms with Gasteiger partial charge in [-0.1, -0.05) is 124 Å². The Kier molecular flexibility index (Phi) is 14.7. The van der Waals surface area contributed by atoms with Crippen molar-refractivity contribution in [2.24, 2.45) is 10.1 Å². The number of aliphatic hydroxyl groups is 1. The van der Waals surface area contributed by atoms with Crippen LogP contribution in [0.4, 0.5) is 5.69 Å². The second-order valence-corrected chi connectivity index (χ2v) is 15.2. The molecule has 7 rings (SSSR count). The lowest BCUT2D eigenvalue weighted by molar-refractivity contribution is -0.130. The molecule has 0 spiro atoms. The van der Waals surface area contributed by atoms with Crippen molar-refractivity contribution in [3.63, 3.8) is 0 Å². The number of aliphatic hydroxyl groups excluding tert-OH is 1. The van der Waals surface area contributed by atoms with Crippen LogP contribution in [0.25, 0.3) is 10.4 Å². The van der Waals surface area contributed by atoms with E-state index in [2.05, 4.69) is 36.8 Å². The Morgan fingerprint density at radius 1 is 0.803 bits per heavy atom. The molecule has 0 unspecified atom stereocenters. The van der Waals surface area contributed by atoms with Gasteiger partial charge in [-0.2, -0.15) is 0 Å². The van der Waals surface area contributed by atoms with Crippen LogP contribution in [0.15, 0.2) is 166 Å². The average molecular weight is 882 g/mol. The third kappa shape index (κ3) is 11.2. The van der Waals surface area contributed by atoms with Gasteiger partial charge in [-0.25, -0.2) is 10.4 Å². The Hall–Kier alpha value is -6.63. The minimum Gasteiger partial charge on any atom is -0.494 e. The van der Waals surface area contributed by atoms with E-state index >= 15 is 0 Å². The zero-order valence-electron chi connectivity index (χ0n) is 33.3. The first-order chi connectivity index (χ1) is 29.9. The summed E-state index contributed by atoms with van der Waals surface area (Å²) >= 11 is 3.53. The van der Waals surface area contributed by atoms with Gasteiger partial charge in [-0.3, -0.25) is 10.2 Å². The number of halogens is 1. The normalized spacial score (nSPS) is 15.5. The number of hydrogen-bond donors (Lipinski definition) is 3. The maximum Gasteiger partial charge on any atom is 0.266 e. The minimum atomic E-state index is -1.55. The van der Waals surface area contributed by atoms with E-state index in [9.17, 15) is 10.3 Å². The lowest BCUT2D eigenvalue weighted by atomic mass is 9.81. The molecule has 0 aliphatic carbocycles. The number of rotatable bonds is 20. The fourth-order valence-electron chi connectivity index (χ4n) is 6.88. The highest BCUT2D eigenvalue weighted by Crippen LogP contribution is 2.44. The number of carbonyl (C=O) groups is 1. The van der Waals surface area contributed by atoms with Gasteiger partial charge in [-0.15, -0.1) is 0 Å². The third-order valence-corrected chi connectivity index (χ3v) is 10.6. The maximum absolute atomic E-state index is 14.8. The molecule has 0 saturated carbocycles. The van der Waals surface area contributed by atoms with Crippen LogP contribution in [0.3, 0.4) is 0 Å². The quantitative estimate of drug-likeness (QED) is 0.0226. The van der Waals surface area contributed by atoms with Gasteiger partial charge >= 0.3 is 0 Å². The van der Waals surface area contributed by atoms with E-state index in [-0.39, 0.29) is 18.9 Å². The molecule has 1 aliphatic heterocycles. The number of benzene rings is 6. The molecule has 3 N–H and O–H groups in total. The number of nitrogens with one attached hydrogen (secondary N) is 2. The van der Waals surface area contributed by atoms with Crippen molar-refractivity contribution in [2.75, 3.05) is 19.8 Å². The van der Waals surface area contributed by atoms with Gasteiger partial charge in [0.15, 0.2) is 23.1 Å². The zero-order valence-corrected chi connectivity index (χ0v) is 34.9. The number of amides is 1. The van der Waals surface area contributed by atoms with Crippen LogP contribution in [0, 0.1) is 0 Å². The molecule has 0 bridgehead atoms. The Labute approximate surface area is 362 Å². The van der Waals surface area contributed by atoms with E-state index in [4.69, 9.17) is 29.0 Å². The molecule has 0 fully saturated rings. The summed E-state index contributed by atoms with van der Waals surface area (Å²) in [5, 5.41) is 13.1. The number of hydrazine groups is 1. The zero-order chi connectivity index (χ0) is 42.3. The van der Waals surface area contributed by atoms with Crippen molar-refractivity contribution in [1.82, 2.24) is 10.9 Å². The highest BCUT2D eigenvalue weighted by atomic mass is 79.9. The standard InChI is InChI=1S/C48H45BrN6O6/c49-40-21-17-37(18-22-40)45-48(31-39-14-7-8-15-42(39)53-55-50,52-46(61-45)38-19-23-41(24-20-38)58-29-9-28-56)47(57)54-51-27-26-34-16-25-43(59-32-35-10-3-1-4-11-35)44(30-34)60-33-36-12-5-2-6-13-36/h1-8,10-25,30,45,51,56H,9,26-29,31-33H2,(H,54,57)/t45-,48-/m0/s1. The van der Waals surface area contributed by atoms with Gasteiger partial charge in [0.25, 0.3) is 5.91 Å². The summed E-state index contributed by atoms with van der Waals surface area (Å²) in [6.07, 6.45) is 0.233. The molecule has 6 aromatic rings. The van der Waals surface area contributed by atoms with Crippen molar-refractivity contribution in [2.45, 2.75) is 44.1 Å². The van der Waals surface area contributed by atoms with Crippen LogP contribution in [-0.4, -0.2) is 42.2 Å². The number of carbonyl (C=O) groups excluding carboxylic acids is 1. The number of hydrogen-bond acceptors (Lipinski definition) is 9. The molecule has 6 aromatic carbocycles. The highest BCUT2D eigenvalue weighted by Gasteiger charge is 2.53. The van der Waals surface area contributed by atoms with Gasteiger partial charge in [0.1, 0.15) is 19.0 Å². The summed E-state index contributed by atoms with van der Waals surface area (Å²) in [5.74, 6) is 1.70. The summed E-state index contributed by atoms with van der Waals surface area (Å²) in [5.41, 5.74) is 19.4. The molecule has 1 aliphatic rings. The minimum absolute atomic E-state index is 0.0329. The molecule has 61 heavy (non-hydrogen) atoms. The van der Waals surface area contributed by atoms with Crippen molar-refractivity contribution in [3.8, 4) is 17.2 Å². The van der Waals surface area contributed by atoms with Gasteiger partial charge in [0, 0.05) is 46.6 Å². The molecule has 1 amide bonds. The van der Waals surface area contributed by atoms with E-state index in [0.717, 1.165) is 26.7 Å². The Morgan fingerprint density at radius 2 is 1.48 bits per heavy atom. The summed E-state index contributed by atoms with van der Waals surface area (Å²) in [6.45, 7) is 1.54. The first kappa shape index (κ1) is 42.5. The topological polar surface area (TPSA) is 159 Å². The predicted molar refractivity (Wildman–Crippen MR) is 238 cm³/mol. The molecular formula is C48H45BrN6O6. The number of azide groups is 1. The third-order valence-electron chi connectivity index (χ3n) is 10.0. The van der Waals surface area contributed by atoms with Gasteiger partial charge in [0.05, 0.1) is 6.61 Å². The van der Waals surface area contributed by atoms with Gasteiger partial charge in [0.2, 0.25) is 5.90 Å². The van der Waals surface area contributed by atoms with Crippen LogP contribution in [0.5, 0.6) is 17.2 Å². The first-order valence-electron chi connectivity index (χ1n) is 19.9. The smallest absolute Gasteiger partial charge is 0.266 e. The fraction of sp³-hybridized carbons (Fsp3) is 0.208. The Morgan fingerprint density at radius 3 is 2.16 bits per heavy atom. The molecule has 12 nitrogen and oxygen atoms in total. The van der Waals surface area contributed by atoms with Crippen LogP contribution >= 0.6 is 15.9 Å². The molecule has 2 atom stereocenters. The van der Waals surface area contributed by atoms with E-state index < -0.39 is 17.6 Å². The SMILES string of the molecule is [N-]=[N+]=Nc1ccccc1C[C@]1(C(=O)NNCCc2ccc(OCc3ccccc3)c(OCc3ccccc3)c2)N=C(c2ccc(OCCCO)cc2)O[C@H]1c1ccc(Br)cc1. The number of ether oxygens (including phenoxy) is 4. The van der Waals surface area contributed by atoms with Gasteiger partial charge < -0.3 is 24.1 Å². The summed E-state index contributed by atoms with van der Waals surface area (Å²) in [4.78, 5) is 23.0. The van der Waals surface area contributed by atoms with Gasteiger partial charge in [-0.05, 0) is 88.3 Å². The summed E-state index contributed by atoms with van der Waals surface area (Å²) in [6, 6.07) is 47.7. The molecule has 0 aromatic heterocycles. The number of nitrogens with zero attached hydrogens (tertiary/aromatic N) is 4. The van der Waals surface area contributed by atoms with E-state index in [1.54, 1.807) is 24.3 Å². The fourth-order valence-corrected chi connectivity index (χ4v) is 7.15. The first-order valence-corrected chi connectivity index (χ1v) is 20.7.